The van der Waals surface area contributed by atoms with Gasteiger partial charge in [-0.05, 0) is 16.6 Å². The minimum atomic E-state index is -1.44. The van der Waals surface area contributed by atoms with Gasteiger partial charge in [-0.1, -0.05) is 40.6 Å². The van der Waals surface area contributed by atoms with Gasteiger partial charge in [0, 0.05) is 9.82 Å². The van der Waals surface area contributed by atoms with Crippen LogP contribution < -0.4 is 0 Å². The number of nitrogens with zero attached hydrogens (tertiary/aromatic N) is 6. The molecule has 0 atom stereocenters. The van der Waals surface area contributed by atoms with Crippen molar-refractivity contribution in [2.75, 3.05) is 13.1 Å². The molecule has 0 radical (unpaired) electrons. The molecule has 0 amide bonds. The average molecular weight is 218 g/mol. The maximum Gasteiger partial charge on any atom is 0.101 e. The quantitative estimate of drug-likeness (QED) is 0.456. The second-order valence-corrected chi connectivity index (χ2v) is 3.18. The summed E-state index contributed by atoms with van der Waals surface area (Å²) in [5.74, 6) is 0. The summed E-state index contributed by atoms with van der Waals surface area (Å²) in [5.41, 5.74) is 15.6. The molecular weight excluding hydrogens is 208 g/mol. The monoisotopic (exact) mass is 218 g/mol. The van der Waals surface area contributed by atoms with Crippen LogP contribution in [0.2, 0.25) is 0 Å². The van der Waals surface area contributed by atoms with Gasteiger partial charge in [0.05, 0.1) is 13.1 Å². The Kier molecular flexibility index (Phi) is 4.17. The lowest BCUT2D eigenvalue weighted by Crippen LogP contribution is -2.32. The van der Waals surface area contributed by atoms with Gasteiger partial charge in [0.1, 0.15) is 5.60 Å². The van der Waals surface area contributed by atoms with Crippen molar-refractivity contribution in [1.29, 1.82) is 0 Å². The van der Waals surface area contributed by atoms with Gasteiger partial charge in [-0.15, -0.1) is 0 Å². The molecule has 16 heavy (non-hydrogen) atoms. The second kappa shape index (κ2) is 5.63. The van der Waals surface area contributed by atoms with Gasteiger partial charge < -0.3 is 5.11 Å². The van der Waals surface area contributed by atoms with Crippen LogP contribution >= 0.6 is 0 Å². The molecule has 0 aromatic heterocycles. The highest BCUT2D eigenvalue weighted by Crippen LogP contribution is 2.22. The fourth-order valence-corrected chi connectivity index (χ4v) is 1.28. The highest BCUT2D eigenvalue weighted by atomic mass is 16.3. The molecule has 1 rings (SSSR count). The molecule has 0 fully saturated rings. The van der Waals surface area contributed by atoms with Crippen LogP contribution in [-0.4, -0.2) is 18.2 Å². The molecular formula is C9H10N6O. The van der Waals surface area contributed by atoms with Crippen LogP contribution in [0.25, 0.3) is 20.9 Å². The van der Waals surface area contributed by atoms with Crippen molar-refractivity contribution in [1.82, 2.24) is 0 Å². The summed E-state index contributed by atoms with van der Waals surface area (Å²) in [4.78, 5) is 5.17. The van der Waals surface area contributed by atoms with Gasteiger partial charge in [0.25, 0.3) is 0 Å². The summed E-state index contributed by atoms with van der Waals surface area (Å²) in [6, 6.07) is 8.64. The Morgan fingerprint density at radius 3 is 2.00 bits per heavy atom. The maximum absolute atomic E-state index is 10.2. The molecule has 0 saturated carbocycles. The molecule has 0 unspecified atom stereocenters. The standard InChI is InChI=1S/C9H10N6O/c10-14-12-6-9(16,7-13-15-11)8-4-2-1-3-5-8/h1-5,16H,6-7H2. The van der Waals surface area contributed by atoms with Crippen molar-refractivity contribution in [2.45, 2.75) is 5.60 Å². The SMILES string of the molecule is [N-]=[N+]=NCC(O)(CN=[N+]=[N-])c1ccccc1. The summed E-state index contributed by atoms with van der Waals surface area (Å²) < 4.78 is 0. The van der Waals surface area contributed by atoms with Crippen LogP contribution in [-0.2, 0) is 5.60 Å². The predicted molar refractivity (Wildman–Crippen MR) is 58.4 cm³/mol. The third kappa shape index (κ3) is 2.90. The van der Waals surface area contributed by atoms with Crippen molar-refractivity contribution < 1.29 is 5.11 Å². The van der Waals surface area contributed by atoms with Gasteiger partial charge in [0.2, 0.25) is 0 Å². The highest BCUT2D eigenvalue weighted by Gasteiger charge is 2.27. The highest BCUT2D eigenvalue weighted by molar-refractivity contribution is 5.23. The zero-order valence-corrected chi connectivity index (χ0v) is 8.43. The van der Waals surface area contributed by atoms with Crippen molar-refractivity contribution in [3.05, 3.63) is 56.8 Å². The van der Waals surface area contributed by atoms with Crippen molar-refractivity contribution >= 4 is 0 Å². The van der Waals surface area contributed by atoms with Crippen LogP contribution in [0.5, 0.6) is 0 Å². The third-order valence-corrected chi connectivity index (χ3v) is 2.10. The molecule has 0 heterocycles. The van der Waals surface area contributed by atoms with E-state index in [-0.39, 0.29) is 13.1 Å². The molecule has 0 spiro atoms. The minimum absolute atomic E-state index is 0.174. The molecule has 1 N–H and O–H groups in total. The summed E-state index contributed by atoms with van der Waals surface area (Å²) in [6.07, 6.45) is 0. The Morgan fingerprint density at radius 2 is 1.56 bits per heavy atom. The van der Waals surface area contributed by atoms with E-state index in [9.17, 15) is 5.11 Å². The van der Waals surface area contributed by atoms with E-state index in [0.717, 1.165) is 0 Å². The largest absolute Gasteiger partial charge is 0.385 e. The first-order chi connectivity index (χ1) is 7.73. The zero-order chi connectivity index (χ0) is 11.9. The fraction of sp³-hybridized carbons (Fsp3) is 0.333. The van der Waals surface area contributed by atoms with Crippen LogP contribution in [0.4, 0.5) is 0 Å². The number of aliphatic hydroxyl groups is 1. The summed E-state index contributed by atoms with van der Waals surface area (Å²) in [6.45, 7) is -0.348. The molecule has 1 aromatic carbocycles. The van der Waals surface area contributed by atoms with Crippen LogP contribution in [0.3, 0.4) is 0 Å². The van der Waals surface area contributed by atoms with E-state index in [4.69, 9.17) is 11.1 Å². The first-order valence-corrected chi connectivity index (χ1v) is 4.52. The zero-order valence-electron chi connectivity index (χ0n) is 8.43. The van der Waals surface area contributed by atoms with Gasteiger partial charge in [-0.3, -0.25) is 0 Å². The summed E-state index contributed by atoms with van der Waals surface area (Å²) in [7, 11) is 0. The fourth-order valence-electron chi connectivity index (χ4n) is 1.28. The Labute approximate surface area is 91.6 Å². The average Bonchev–Trinajstić information content (AvgIpc) is 2.35. The van der Waals surface area contributed by atoms with Gasteiger partial charge in [-0.25, -0.2) is 0 Å². The molecule has 0 aliphatic carbocycles. The molecule has 1 aromatic rings. The topological polar surface area (TPSA) is 118 Å². The second-order valence-electron chi connectivity index (χ2n) is 3.18. The lowest BCUT2D eigenvalue weighted by molar-refractivity contribution is 0.0556. The number of hydrogen-bond acceptors (Lipinski definition) is 3. The Balaban J connectivity index is 3.02. The van der Waals surface area contributed by atoms with Crippen LogP contribution in [0.15, 0.2) is 40.6 Å². The number of azide groups is 2. The third-order valence-electron chi connectivity index (χ3n) is 2.10. The summed E-state index contributed by atoms with van der Waals surface area (Å²) in [5, 5.41) is 16.9. The van der Waals surface area contributed by atoms with E-state index >= 15 is 0 Å². The van der Waals surface area contributed by atoms with Gasteiger partial charge in [0.15, 0.2) is 0 Å². The van der Waals surface area contributed by atoms with Crippen LogP contribution in [0.1, 0.15) is 5.56 Å². The first-order valence-electron chi connectivity index (χ1n) is 4.52. The van der Waals surface area contributed by atoms with Crippen LogP contribution in [0, 0.1) is 0 Å². The molecule has 7 nitrogen and oxygen atoms in total. The summed E-state index contributed by atoms with van der Waals surface area (Å²) >= 11 is 0. The number of hydrogen-bond donors (Lipinski definition) is 1. The Morgan fingerprint density at radius 1 is 1.06 bits per heavy atom. The normalized spacial score (nSPS) is 13.1. The van der Waals surface area contributed by atoms with Crippen molar-refractivity contribution in [2.24, 2.45) is 10.2 Å². The Hall–Kier alpha value is -2.20. The molecule has 0 bridgehead atoms. The van der Waals surface area contributed by atoms with Gasteiger partial charge in [-0.2, -0.15) is 0 Å². The lowest BCUT2D eigenvalue weighted by atomic mass is 9.94. The van der Waals surface area contributed by atoms with Crippen molar-refractivity contribution in [3.8, 4) is 0 Å². The molecule has 0 aliphatic rings. The molecule has 0 aliphatic heterocycles. The van der Waals surface area contributed by atoms with E-state index in [1.165, 1.54) is 0 Å². The minimum Gasteiger partial charge on any atom is -0.385 e. The molecule has 82 valence electrons. The van der Waals surface area contributed by atoms with E-state index in [1.54, 1.807) is 30.3 Å². The predicted octanol–water partition coefficient (Wildman–Crippen LogP) is 2.49. The molecule has 7 heteroatoms. The maximum atomic E-state index is 10.2. The lowest BCUT2D eigenvalue weighted by Gasteiger charge is -2.24. The Bertz CT molecular complexity index is 413. The first kappa shape index (κ1) is 11.9. The van der Waals surface area contributed by atoms with E-state index in [2.05, 4.69) is 20.1 Å². The molecule has 0 saturated heterocycles. The number of rotatable bonds is 5. The van der Waals surface area contributed by atoms with E-state index in [1.807, 2.05) is 0 Å². The number of benzene rings is 1. The van der Waals surface area contributed by atoms with Crippen molar-refractivity contribution in [3.63, 3.8) is 0 Å². The smallest absolute Gasteiger partial charge is 0.101 e. The van der Waals surface area contributed by atoms with E-state index < -0.39 is 5.60 Å². The van der Waals surface area contributed by atoms with E-state index in [0.29, 0.717) is 5.56 Å². The van der Waals surface area contributed by atoms with Gasteiger partial charge >= 0.3 is 0 Å².